The fraction of sp³-hybridized carbons (Fsp3) is 0.222. The Morgan fingerprint density at radius 3 is 2.67 bits per heavy atom. The monoisotopic (exact) mass is 385 g/mol. The smallest absolute Gasteiger partial charge is 0.289 e. The van der Waals surface area contributed by atoms with Crippen molar-refractivity contribution in [1.29, 1.82) is 0 Å². The molecule has 0 spiro atoms. The summed E-state index contributed by atoms with van der Waals surface area (Å²) in [7, 11) is 0. The molecular weight excluding hydrogens is 370 g/mol. The summed E-state index contributed by atoms with van der Waals surface area (Å²) < 4.78 is 6.68. The molecule has 0 unspecified atom stereocenters. The zero-order valence-corrected chi connectivity index (χ0v) is 14.6. The van der Waals surface area contributed by atoms with E-state index in [0.29, 0.717) is 18.8 Å². The van der Waals surface area contributed by atoms with Crippen LogP contribution in [0.15, 0.2) is 57.6 Å². The number of amides is 1. The number of benzene rings is 1. The molecule has 5 nitrogen and oxygen atoms in total. The molecule has 0 bridgehead atoms. The van der Waals surface area contributed by atoms with Crippen molar-refractivity contribution in [1.82, 2.24) is 9.88 Å². The number of furan rings is 1. The fourth-order valence-corrected chi connectivity index (χ4v) is 3.33. The normalized spacial score (nSPS) is 15.0. The van der Waals surface area contributed by atoms with Gasteiger partial charge in [0.25, 0.3) is 5.91 Å². The van der Waals surface area contributed by atoms with E-state index in [4.69, 9.17) is 4.42 Å². The second-order valence-electron chi connectivity index (χ2n) is 5.76. The van der Waals surface area contributed by atoms with Gasteiger partial charge in [-0.1, -0.05) is 22.0 Å². The third kappa shape index (κ3) is 2.89. The highest BCUT2D eigenvalue weighted by Gasteiger charge is 2.25. The van der Waals surface area contributed by atoms with Gasteiger partial charge in [0.05, 0.1) is 0 Å². The van der Waals surface area contributed by atoms with Gasteiger partial charge in [0.1, 0.15) is 11.4 Å². The van der Waals surface area contributed by atoms with Crippen molar-refractivity contribution < 1.29 is 9.21 Å². The summed E-state index contributed by atoms with van der Waals surface area (Å²) >= 11 is 3.44. The number of fused-ring (bicyclic) bond motifs is 1. The first-order chi connectivity index (χ1) is 11.7. The van der Waals surface area contributed by atoms with Crippen molar-refractivity contribution in [3.8, 4) is 0 Å². The molecule has 0 aliphatic carbocycles. The van der Waals surface area contributed by atoms with Crippen LogP contribution in [0.5, 0.6) is 0 Å². The summed E-state index contributed by atoms with van der Waals surface area (Å²) in [6, 6.07) is 13.4. The number of halogens is 1. The van der Waals surface area contributed by atoms with E-state index in [0.717, 1.165) is 34.3 Å². The summed E-state index contributed by atoms with van der Waals surface area (Å²) in [6.45, 7) is 2.87. The molecule has 0 saturated carbocycles. The van der Waals surface area contributed by atoms with Crippen LogP contribution < -0.4 is 4.90 Å². The number of anilines is 1. The van der Waals surface area contributed by atoms with Crippen LogP contribution in [0.25, 0.3) is 11.0 Å². The maximum absolute atomic E-state index is 12.7. The van der Waals surface area contributed by atoms with Crippen LogP contribution >= 0.6 is 15.9 Å². The van der Waals surface area contributed by atoms with Crippen molar-refractivity contribution in [2.75, 3.05) is 31.1 Å². The number of rotatable bonds is 2. The van der Waals surface area contributed by atoms with Gasteiger partial charge in [-0.05, 0) is 36.4 Å². The Morgan fingerprint density at radius 2 is 1.92 bits per heavy atom. The number of carbonyl (C=O) groups excluding carboxylic acids is 1. The molecule has 122 valence electrons. The van der Waals surface area contributed by atoms with Crippen LogP contribution in [0.4, 0.5) is 5.82 Å². The Bertz CT molecular complexity index is 870. The minimum absolute atomic E-state index is 0.0528. The highest BCUT2D eigenvalue weighted by molar-refractivity contribution is 9.10. The van der Waals surface area contributed by atoms with E-state index in [2.05, 4.69) is 25.8 Å². The SMILES string of the molecule is O=C(c1cc2cc(Br)ccc2o1)N1CCN(c2ccccn2)CC1. The van der Waals surface area contributed by atoms with E-state index < -0.39 is 0 Å². The predicted molar refractivity (Wildman–Crippen MR) is 96.3 cm³/mol. The number of hydrogen-bond acceptors (Lipinski definition) is 4. The fourth-order valence-electron chi connectivity index (χ4n) is 2.95. The van der Waals surface area contributed by atoms with E-state index in [1.54, 1.807) is 6.20 Å². The number of nitrogens with zero attached hydrogens (tertiary/aromatic N) is 3. The van der Waals surface area contributed by atoms with Crippen molar-refractivity contribution in [2.24, 2.45) is 0 Å². The number of aromatic nitrogens is 1. The van der Waals surface area contributed by atoms with E-state index in [1.807, 2.05) is 47.4 Å². The molecule has 6 heteroatoms. The summed E-state index contributed by atoms with van der Waals surface area (Å²) in [5.41, 5.74) is 0.730. The van der Waals surface area contributed by atoms with Crippen molar-refractivity contribution >= 4 is 38.6 Å². The Hall–Kier alpha value is -2.34. The molecule has 2 aromatic heterocycles. The lowest BCUT2D eigenvalue weighted by Gasteiger charge is -2.34. The van der Waals surface area contributed by atoms with Gasteiger partial charge in [-0.25, -0.2) is 4.98 Å². The Labute approximate surface area is 148 Å². The summed E-state index contributed by atoms with van der Waals surface area (Å²) in [5, 5.41) is 0.930. The van der Waals surface area contributed by atoms with Gasteiger partial charge >= 0.3 is 0 Å². The first-order valence-electron chi connectivity index (χ1n) is 7.85. The molecule has 0 N–H and O–H groups in total. The van der Waals surface area contributed by atoms with E-state index in [-0.39, 0.29) is 5.91 Å². The second kappa shape index (κ2) is 6.28. The maximum Gasteiger partial charge on any atom is 0.289 e. The Morgan fingerprint density at radius 1 is 1.08 bits per heavy atom. The Kier molecular flexibility index (Phi) is 3.98. The summed E-state index contributed by atoms with van der Waals surface area (Å²) in [4.78, 5) is 21.1. The summed E-state index contributed by atoms with van der Waals surface area (Å²) in [5.74, 6) is 1.30. The van der Waals surface area contributed by atoms with Crippen LogP contribution in [0, 0.1) is 0 Å². The van der Waals surface area contributed by atoms with Gasteiger partial charge in [-0.2, -0.15) is 0 Å². The second-order valence-corrected chi connectivity index (χ2v) is 6.68. The van der Waals surface area contributed by atoms with E-state index in [1.165, 1.54) is 0 Å². The quantitative estimate of drug-likeness (QED) is 0.676. The molecule has 1 aliphatic rings. The molecule has 1 saturated heterocycles. The molecule has 3 aromatic rings. The van der Waals surface area contributed by atoms with Gasteiger partial charge in [-0.15, -0.1) is 0 Å². The third-order valence-corrected chi connectivity index (χ3v) is 4.72. The zero-order chi connectivity index (χ0) is 16.5. The highest BCUT2D eigenvalue weighted by atomic mass is 79.9. The molecule has 1 aliphatic heterocycles. The number of piperazine rings is 1. The molecule has 4 rings (SSSR count). The van der Waals surface area contributed by atoms with Crippen LogP contribution in [-0.4, -0.2) is 42.0 Å². The topological polar surface area (TPSA) is 49.6 Å². The first-order valence-corrected chi connectivity index (χ1v) is 8.64. The van der Waals surface area contributed by atoms with Crippen molar-refractivity contribution in [3.63, 3.8) is 0 Å². The summed E-state index contributed by atoms with van der Waals surface area (Å²) in [6.07, 6.45) is 1.79. The lowest BCUT2D eigenvalue weighted by molar-refractivity contribution is 0.0717. The van der Waals surface area contributed by atoms with Gasteiger partial charge in [0, 0.05) is 42.2 Å². The number of carbonyl (C=O) groups is 1. The van der Waals surface area contributed by atoms with Gasteiger partial charge in [0.15, 0.2) is 5.76 Å². The van der Waals surface area contributed by atoms with Crippen molar-refractivity contribution in [3.05, 3.63) is 58.9 Å². The van der Waals surface area contributed by atoms with Crippen molar-refractivity contribution in [2.45, 2.75) is 0 Å². The van der Waals surface area contributed by atoms with E-state index >= 15 is 0 Å². The average molecular weight is 386 g/mol. The minimum atomic E-state index is -0.0528. The molecule has 24 heavy (non-hydrogen) atoms. The van der Waals surface area contributed by atoms with Gasteiger partial charge in [0.2, 0.25) is 0 Å². The molecular formula is C18H16BrN3O2. The van der Waals surface area contributed by atoms with Crippen LogP contribution in [-0.2, 0) is 0 Å². The van der Waals surface area contributed by atoms with Crippen LogP contribution in [0.2, 0.25) is 0 Å². The van der Waals surface area contributed by atoms with Crippen LogP contribution in [0.1, 0.15) is 10.6 Å². The number of hydrogen-bond donors (Lipinski definition) is 0. The zero-order valence-electron chi connectivity index (χ0n) is 13.0. The highest BCUT2D eigenvalue weighted by Crippen LogP contribution is 2.24. The van der Waals surface area contributed by atoms with Gasteiger partial charge in [-0.3, -0.25) is 4.79 Å². The molecule has 0 radical (unpaired) electrons. The largest absolute Gasteiger partial charge is 0.451 e. The van der Waals surface area contributed by atoms with Gasteiger partial charge < -0.3 is 14.2 Å². The molecule has 3 heterocycles. The molecule has 1 fully saturated rings. The van der Waals surface area contributed by atoms with Crippen LogP contribution in [0.3, 0.4) is 0 Å². The minimum Gasteiger partial charge on any atom is -0.451 e. The number of pyridine rings is 1. The molecule has 1 amide bonds. The predicted octanol–water partition coefficient (Wildman–Crippen LogP) is 3.55. The first kappa shape index (κ1) is 15.2. The molecule has 1 aromatic carbocycles. The maximum atomic E-state index is 12.7. The Balaban J connectivity index is 1.47. The average Bonchev–Trinajstić information content (AvgIpc) is 3.05. The third-order valence-electron chi connectivity index (χ3n) is 4.23. The lowest BCUT2D eigenvalue weighted by Crippen LogP contribution is -2.49. The standard InChI is InChI=1S/C18H16BrN3O2/c19-14-4-5-15-13(11-14)12-16(24-15)18(23)22-9-7-21(8-10-22)17-3-1-2-6-20-17/h1-6,11-12H,7-10H2. The lowest BCUT2D eigenvalue weighted by atomic mass is 10.2. The van der Waals surface area contributed by atoms with E-state index in [9.17, 15) is 4.79 Å². The molecule has 0 atom stereocenters.